The van der Waals surface area contributed by atoms with Crippen molar-refractivity contribution >= 4 is 17.3 Å². The van der Waals surface area contributed by atoms with Gasteiger partial charge in [0, 0.05) is 6.07 Å². The van der Waals surface area contributed by atoms with Crippen LogP contribution in [0.3, 0.4) is 0 Å². The molecule has 0 bridgehead atoms. The molecule has 0 N–H and O–H groups in total. The summed E-state index contributed by atoms with van der Waals surface area (Å²) in [6.07, 6.45) is -3.01. The van der Waals surface area contributed by atoms with Gasteiger partial charge in [0.15, 0.2) is 5.69 Å². The van der Waals surface area contributed by atoms with E-state index in [-0.39, 0.29) is 5.15 Å². The Kier molecular flexibility index (Phi) is 2.95. The summed E-state index contributed by atoms with van der Waals surface area (Å²) in [6.45, 7) is 1.46. The molecule has 1 rings (SSSR count). The minimum atomic E-state index is -3.01. The third kappa shape index (κ3) is 1.95. The Labute approximate surface area is 82.7 Å². The van der Waals surface area contributed by atoms with Gasteiger partial charge in [-0.05, 0) is 12.5 Å². The minimum Gasteiger partial charge on any atom is -0.258 e. The van der Waals surface area contributed by atoms with E-state index in [4.69, 9.17) is 11.6 Å². The van der Waals surface area contributed by atoms with Crippen LogP contribution in [0.15, 0.2) is 6.07 Å². The van der Waals surface area contributed by atoms with Gasteiger partial charge in [-0.1, -0.05) is 11.6 Å². The molecule has 0 fully saturated rings. The van der Waals surface area contributed by atoms with Crippen molar-refractivity contribution in [2.24, 2.45) is 0 Å². The molecule has 0 atom stereocenters. The van der Waals surface area contributed by atoms with E-state index < -0.39 is 22.7 Å². The molecule has 0 aliphatic rings. The van der Waals surface area contributed by atoms with Crippen LogP contribution in [0.25, 0.3) is 0 Å². The zero-order valence-electron chi connectivity index (χ0n) is 7.00. The predicted molar refractivity (Wildman–Crippen MR) is 45.6 cm³/mol. The average molecular weight is 223 g/mol. The number of aryl methyl sites for hydroxylation is 1. The average Bonchev–Trinajstić information content (AvgIpc) is 2.08. The minimum absolute atomic E-state index is 0.147. The maximum Gasteiger partial charge on any atom is 0.297 e. The van der Waals surface area contributed by atoms with Gasteiger partial charge in [0.2, 0.25) is 0 Å². The molecule has 7 heteroatoms. The van der Waals surface area contributed by atoms with Crippen molar-refractivity contribution in [3.05, 3.63) is 32.6 Å². The Bertz CT molecular complexity index is 384. The topological polar surface area (TPSA) is 56.0 Å². The van der Waals surface area contributed by atoms with Crippen LogP contribution in [-0.4, -0.2) is 9.91 Å². The van der Waals surface area contributed by atoms with Gasteiger partial charge in [0.1, 0.15) is 5.15 Å². The molecular formula is C7H5ClF2N2O2. The first-order valence-electron chi connectivity index (χ1n) is 3.53. The Balaban J connectivity index is 3.39. The SMILES string of the molecule is Cc1cc([N+](=O)[O-])c(C(F)F)nc1Cl. The molecule has 0 aromatic carbocycles. The summed E-state index contributed by atoms with van der Waals surface area (Å²) in [5, 5.41) is 10.2. The van der Waals surface area contributed by atoms with Gasteiger partial charge >= 0.3 is 0 Å². The highest BCUT2D eigenvalue weighted by atomic mass is 35.5. The summed E-state index contributed by atoms with van der Waals surface area (Å²) < 4.78 is 24.5. The highest BCUT2D eigenvalue weighted by Crippen LogP contribution is 2.30. The molecular weight excluding hydrogens is 218 g/mol. The number of nitrogens with zero attached hydrogens (tertiary/aromatic N) is 2. The quantitative estimate of drug-likeness (QED) is 0.439. The predicted octanol–water partition coefficient (Wildman–Crippen LogP) is 2.89. The maximum absolute atomic E-state index is 12.3. The van der Waals surface area contributed by atoms with Crippen molar-refractivity contribution in [1.82, 2.24) is 4.98 Å². The van der Waals surface area contributed by atoms with Crippen molar-refractivity contribution in [3.8, 4) is 0 Å². The lowest BCUT2D eigenvalue weighted by molar-refractivity contribution is -0.386. The summed E-state index contributed by atoms with van der Waals surface area (Å²) in [7, 11) is 0. The smallest absolute Gasteiger partial charge is 0.258 e. The first-order valence-corrected chi connectivity index (χ1v) is 3.91. The molecule has 0 saturated carbocycles. The van der Waals surface area contributed by atoms with Gasteiger partial charge in [-0.15, -0.1) is 0 Å². The number of hydrogen-bond acceptors (Lipinski definition) is 3. The fourth-order valence-corrected chi connectivity index (χ4v) is 1.04. The molecule has 14 heavy (non-hydrogen) atoms. The normalized spacial score (nSPS) is 10.6. The van der Waals surface area contributed by atoms with Gasteiger partial charge in [-0.2, -0.15) is 0 Å². The van der Waals surface area contributed by atoms with E-state index in [9.17, 15) is 18.9 Å². The highest BCUT2D eigenvalue weighted by Gasteiger charge is 2.24. The number of nitro groups is 1. The van der Waals surface area contributed by atoms with E-state index in [2.05, 4.69) is 4.98 Å². The highest BCUT2D eigenvalue weighted by molar-refractivity contribution is 6.30. The van der Waals surface area contributed by atoms with Crippen LogP contribution >= 0.6 is 11.6 Å². The molecule has 0 amide bonds. The zero-order chi connectivity index (χ0) is 10.9. The summed E-state index contributed by atoms with van der Waals surface area (Å²) in [5.74, 6) is 0. The van der Waals surface area contributed by atoms with Crippen LogP contribution in [0, 0.1) is 17.0 Å². The third-order valence-electron chi connectivity index (χ3n) is 1.56. The number of pyridine rings is 1. The van der Waals surface area contributed by atoms with E-state index in [0.717, 1.165) is 6.07 Å². The molecule has 1 aromatic heterocycles. The van der Waals surface area contributed by atoms with E-state index >= 15 is 0 Å². The standard InChI is InChI=1S/C7H5ClF2N2O2/c1-3-2-4(12(13)14)5(7(9)10)11-6(3)8/h2,7H,1H3. The largest absolute Gasteiger partial charge is 0.297 e. The third-order valence-corrected chi connectivity index (χ3v) is 1.95. The fraction of sp³-hybridized carbons (Fsp3) is 0.286. The molecule has 0 radical (unpaired) electrons. The van der Waals surface area contributed by atoms with E-state index in [1.165, 1.54) is 6.92 Å². The molecule has 1 aromatic rings. The molecule has 4 nitrogen and oxygen atoms in total. The van der Waals surface area contributed by atoms with Crippen LogP contribution in [0.4, 0.5) is 14.5 Å². The van der Waals surface area contributed by atoms with Crippen molar-refractivity contribution in [3.63, 3.8) is 0 Å². The number of rotatable bonds is 2. The second-order valence-electron chi connectivity index (χ2n) is 2.56. The van der Waals surface area contributed by atoms with Gasteiger partial charge in [0.25, 0.3) is 12.1 Å². The molecule has 0 aliphatic heterocycles. The maximum atomic E-state index is 12.3. The van der Waals surface area contributed by atoms with Crippen molar-refractivity contribution in [1.29, 1.82) is 0 Å². The van der Waals surface area contributed by atoms with Gasteiger partial charge < -0.3 is 0 Å². The monoisotopic (exact) mass is 222 g/mol. The molecule has 0 spiro atoms. The zero-order valence-corrected chi connectivity index (χ0v) is 7.76. The van der Waals surface area contributed by atoms with Crippen molar-refractivity contribution in [2.45, 2.75) is 13.3 Å². The van der Waals surface area contributed by atoms with Crippen LogP contribution < -0.4 is 0 Å². The number of alkyl halides is 2. The molecule has 0 unspecified atom stereocenters. The van der Waals surface area contributed by atoms with Gasteiger partial charge in [-0.3, -0.25) is 10.1 Å². The van der Waals surface area contributed by atoms with E-state index in [0.29, 0.717) is 5.56 Å². The number of hydrogen-bond donors (Lipinski definition) is 0. The molecule has 1 heterocycles. The number of aromatic nitrogens is 1. The Morgan fingerprint density at radius 3 is 2.64 bits per heavy atom. The van der Waals surface area contributed by atoms with Crippen molar-refractivity contribution < 1.29 is 13.7 Å². The molecule has 76 valence electrons. The summed E-state index contributed by atoms with van der Waals surface area (Å²) in [6, 6.07) is 0.983. The lowest BCUT2D eigenvalue weighted by Gasteiger charge is -2.03. The van der Waals surface area contributed by atoms with Crippen LogP contribution in [-0.2, 0) is 0 Å². The van der Waals surface area contributed by atoms with Crippen LogP contribution in [0.2, 0.25) is 5.15 Å². The van der Waals surface area contributed by atoms with Crippen LogP contribution in [0.1, 0.15) is 17.7 Å². The lowest BCUT2D eigenvalue weighted by Crippen LogP contribution is -2.00. The summed E-state index contributed by atoms with van der Waals surface area (Å²) >= 11 is 5.47. The van der Waals surface area contributed by atoms with E-state index in [1.54, 1.807) is 0 Å². The van der Waals surface area contributed by atoms with Gasteiger partial charge in [0.05, 0.1) is 4.92 Å². The Morgan fingerprint density at radius 1 is 1.64 bits per heavy atom. The first kappa shape index (κ1) is 10.8. The Hall–Kier alpha value is -1.30. The second kappa shape index (κ2) is 3.83. The first-order chi connectivity index (χ1) is 6.43. The van der Waals surface area contributed by atoms with Crippen LogP contribution in [0.5, 0.6) is 0 Å². The molecule has 0 saturated heterocycles. The van der Waals surface area contributed by atoms with E-state index in [1.807, 2.05) is 0 Å². The van der Waals surface area contributed by atoms with Crippen molar-refractivity contribution in [2.75, 3.05) is 0 Å². The number of halogens is 3. The Morgan fingerprint density at radius 2 is 2.21 bits per heavy atom. The van der Waals surface area contributed by atoms with Gasteiger partial charge in [-0.25, -0.2) is 13.8 Å². The fourth-order valence-electron chi connectivity index (χ4n) is 0.897. The summed E-state index contributed by atoms with van der Waals surface area (Å²) in [4.78, 5) is 12.7. The lowest BCUT2D eigenvalue weighted by atomic mass is 10.2. The summed E-state index contributed by atoms with van der Waals surface area (Å²) in [5.41, 5.74) is -1.31. The second-order valence-corrected chi connectivity index (χ2v) is 2.92. The molecule has 0 aliphatic carbocycles.